The molecule has 9 heteroatoms. The predicted octanol–water partition coefficient (Wildman–Crippen LogP) is 1.40. The fourth-order valence-corrected chi connectivity index (χ4v) is 2.36. The minimum Gasteiger partial charge on any atom is -0.469 e. The number of nitrogens with one attached hydrogen (secondary N) is 2. The van der Waals surface area contributed by atoms with Gasteiger partial charge >= 0.3 is 5.97 Å². The Bertz CT molecular complexity index is 950. The average Bonchev–Trinajstić information content (AvgIpc) is 2.96. The Kier molecular flexibility index (Phi) is 4.48. The first kappa shape index (κ1) is 16.0. The molecule has 124 valence electrons. The number of rotatable bonds is 5. The largest absolute Gasteiger partial charge is 0.469 e. The fraction of sp³-hybridized carbons (Fsp3) is 0.200. The first-order valence-corrected chi connectivity index (χ1v) is 7.47. The number of esters is 1. The van der Waals surface area contributed by atoms with Crippen molar-refractivity contribution in [1.29, 1.82) is 0 Å². The highest BCUT2D eigenvalue weighted by molar-refractivity contribution is 6.30. The third-order valence-electron chi connectivity index (χ3n) is 3.29. The van der Waals surface area contributed by atoms with E-state index in [1.54, 1.807) is 6.07 Å². The van der Waals surface area contributed by atoms with Crippen molar-refractivity contribution in [3.63, 3.8) is 0 Å². The molecule has 2 N–H and O–H groups in total. The molecule has 0 spiro atoms. The van der Waals surface area contributed by atoms with E-state index in [0.717, 1.165) is 5.56 Å². The highest BCUT2D eigenvalue weighted by Gasteiger charge is 2.11. The van der Waals surface area contributed by atoms with E-state index in [2.05, 4.69) is 25.1 Å². The maximum atomic E-state index is 12.1. The molecule has 1 aromatic carbocycles. The van der Waals surface area contributed by atoms with Gasteiger partial charge in [0, 0.05) is 17.6 Å². The van der Waals surface area contributed by atoms with Gasteiger partial charge in [0.1, 0.15) is 0 Å². The number of methoxy groups -OCH3 is 1. The second kappa shape index (κ2) is 6.71. The van der Waals surface area contributed by atoms with Crippen molar-refractivity contribution in [1.82, 2.24) is 19.6 Å². The van der Waals surface area contributed by atoms with E-state index in [4.69, 9.17) is 11.6 Å². The van der Waals surface area contributed by atoms with E-state index >= 15 is 0 Å². The molecule has 24 heavy (non-hydrogen) atoms. The molecule has 0 unspecified atom stereocenters. The summed E-state index contributed by atoms with van der Waals surface area (Å²) in [5, 5.41) is 6.52. The van der Waals surface area contributed by atoms with E-state index in [0.29, 0.717) is 23.2 Å². The first-order chi connectivity index (χ1) is 11.5. The lowest BCUT2D eigenvalue weighted by molar-refractivity contribution is -0.139. The van der Waals surface area contributed by atoms with Crippen LogP contribution in [0.15, 0.2) is 35.1 Å². The van der Waals surface area contributed by atoms with Crippen LogP contribution in [0.25, 0.3) is 5.78 Å². The number of nitrogens with zero attached hydrogens (tertiary/aromatic N) is 3. The lowest BCUT2D eigenvalue weighted by atomic mass is 10.2. The van der Waals surface area contributed by atoms with Gasteiger partial charge < -0.3 is 10.1 Å². The summed E-state index contributed by atoms with van der Waals surface area (Å²) in [6, 6.07) is 8.65. The molecule has 0 aliphatic rings. The summed E-state index contributed by atoms with van der Waals surface area (Å²) >= 11 is 5.94. The lowest BCUT2D eigenvalue weighted by Gasteiger charge is -2.02. The predicted molar refractivity (Wildman–Crippen MR) is 88.1 cm³/mol. The number of aromatic amines is 1. The Morgan fingerprint density at radius 2 is 2.21 bits per heavy atom. The van der Waals surface area contributed by atoms with Crippen molar-refractivity contribution < 1.29 is 9.53 Å². The number of anilines is 1. The zero-order valence-electron chi connectivity index (χ0n) is 12.7. The fourth-order valence-electron chi connectivity index (χ4n) is 2.15. The summed E-state index contributed by atoms with van der Waals surface area (Å²) in [5.41, 5.74) is 0.914. The summed E-state index contributed by atoms with van der Waals surface area (Å²) in [6.45, 7) is 0.476. The average molecular weight is 348 g/mol. The zero-order chi connectivity index (χ0) is 17.1. The minimum atomic E-state index is -0.471. The molecule has 2 aromatic heterocycles. The number of carbonyl (C=O) groups is 1. The van der Waals surface area contributed by atoms with Crippen molar-refractivity contribution in [2.24, 2.45) is 0 Å². The molecule has 0 radical (unpaired) electrons. The van der Waals surface area contributed by atoms with Gasteiger partial charge in [-0.15, -0.1) is 0 Å². The van der Waals surface area contributed by atoms with Gasteiger partial charge in [0.25, 0.3) is 11.3 Å². The molecule has 8 nitrogen and oxygen atoms in total. The van der Waals surface area contributed by atoms with Crippen LogP contribution in [0.1, 0.15) is 11.3 Å². The monoisotopic (exact) mass is 347 g/mol. The SMILES string of the molecule is COC(=O)Cc1cc(=O)n2[nH]c(NCc3cccc(Cl)c3)nc2n1. The molecule has 0 aliphatic carbocycles. The summed E-state index contributed by atoms with van der Waals surface area (Å²) in [5.74, 6) is 0.0888. The Morgan fingerprint density at radius 1 is 1.38 bits per heavy atom. The Labute approximate surface area is 141 Å². The summed E-state index contributed by atoms with van der Waals surface area (Å²) in [7, 11) is 1.28. The molecule has 0 atom stereocenters. The van der Waals surface area contributed by atoms with E-state index < -0.39 is 5.97 Å². The van der Waals surface area contributed by atoms with Crippen molar-refractivity contribution in [2.75, 3.05) is 12.4 Å². The molecule has 3 rings (SSSR count). The number of carbonyl (C=O) groups excluding carboxylic acids is 1. The highest BCUT2D eigenvalue weighted by Crippen LogP contribution is 2.12. The smallest absolute Gasteiger partial charge is 0.311 e. The van der Waals surface area contributed by atoms with E-state index in [-0.39, 0.29) is 17.8 Å². The number of halogens is 1. The maximum Gasteiger partial charge on any atom is 0.311 e. The molecule has 0 saturated carbocycles. The lowest BCUT2D eigenvalue weighted by Crippen LogP contribution is -2.17. The molecule has 2 heterocycles. The second-order valence-corrected chi connectivity index (χ2v) is 5.47. The van der Waals surface area contributed by atoms with Crippen molar-refractivity contribution >= 4 is 29.3 Å². The standard InChI is InChI=1S/C15H14ClN5O3/c1-24-13(23)7-11-6-12(22)21-15(18-11)19-14(20-21)17-8-9-3-2-4-10(16)5-9/h2-6H,7-8H2,1H3,(H2,17,18,19,20). The van der Waals surface area contributed by atoms with Gasteiger partial charge in [0.15, 0.2) is 0 Å². The molecule has 0 saturated heterocycles. The maximum absolute atomic E-state index is 12.1. The van der Waals surface area contributed by atoms with E-state index in [9.17, 15) is 9.59 Å². The molecule has 0 fully saturated rings. The van der Waals surface area contributed by atoms with Crippen LogP contribution in [0.2, 0.25) is 5.02 Å². The molecule has 0 amide bonds. The van der Waals surface area contributed by atoms with Crippen LogP contribution >= 0.6 is 11.6 Å². The van der Waals surface area contributed by atoms with Gasteiger partial charge in [-0.25, -0.2) is 4.98 Å². The number of hydrogen-bond acceptors (Lipinski definition) is 6. The molecule has 0 bridgehead atoms. The topological polar surface area (TPSA) is 101 Å². The summed E-state index contributed by atoms with van der Waals surface area (Å²) in [6.07, 6.45) is -0.0830. The van der Waals surface area contributed by atoms with Crippen LogP contribution in [-0.2, 0) is 22.5 Å². The van der Waals surface area contributed by atoms with Gasteiger partial charge in [-0.2, -0.15) is 9.50 Å². The van der Waals surface area contributed by atoms with E-state index in [1.165, 1.54) is 17.7 Å². The van der Waals surface area contributed by atoms with Crippen LogP contribution in [0, 0.1) is 0 Å². The summed E-state index contributed by atoms with van der Waals surface area (Å²) < 4.78 is 5.76. The quantitative estimate of drug-likeness (QED) is 0.676. The van der Waals surface area contributed by atoms with Gasteiger partial charge in [-0.3, -0.25) is 14.7 Å². The van der Waals surface area contributed by atoms with Gasteiger partial charge in [0.05, 0.1) is 19.2 Å². The second-order valence-electron chi connectivity index (χ2n) is 5.03. The number of benzene rings is 1. The van der Waals surface area contributed by atoms with Gasteiger partial charge in [0.2, 0.25) is 5.95 Å². The Hall–Kier alpha value is -2.87. The normalized spacial score (nSPS) is 10.8. The van der Waals surface area contributed by atoms with Gasteiger partial charge in [-0.05, 0) is 17.7 Å². The molecular weight excluding hydrogens is 334 g/mol. The number of H-pyrrole nitrogens is 1. The number of ether oxygens (including phenoxy) is 1. The first-order valence-electron chi connectivity index (χ1n) is 7.09. The van der Waals surface area contributed by atoms with Crippen LogP contribution in [0.3, 0.4) is 0 Å². The van der Waals surface area contributed by atoms with Crippen molar-refractivity contribution in [2.45, 2.75) is 13.0 Å². The van der Waals surface area contributed by atoms with Crippen LogP contribution in [0.4, 0.5) is 5.95 Å². The minimum absolute atomic E-state index is 0.0830. The Morgan fingerprint density at radius 3 is 2.96 bits per heavy atom. The highest BCUT2D eigenvalue weighted by atomic mass is 35.5. The van der Waals surface area contributed by atoms with Gasteiger partial charge in [-0.1, -0.05) is 23.7 Å². The van der Waals surface area contributed by atoms with Crippen molar-refractivity contribution in [3.8, 4) is 0 Å². The zero-order valence-corrected chi connectivity index (χ0v) is 13.5. The van der Waals surface area contributed by atoms with Crippen LogP contribution in [-0.4, -0.2) is 32.7 Å². The number of aromatic nitrogens is 4. The number of fused-ring (bicyclic) bond motifs is 1. The third kappa shape index (κ3) is 3.54. The molecule has 3 aromatic rings. The molecule has 0 aliphatic heterocycles. The van der Waals surface area contributed by atoms with E-state index in [1.807, 2.05) is 18.2 Å². The van der Waals surface area contributed by atoms with Crippen molar-refractivity contribution in [3.05, 3.63) is 57.0 Å². The molecular formula is C15H14ClN5O3. The third-order valence-corrected chi connectivity index (χ3v) is 3.52. The van der Waals surface area contributed by atoms with Crippen LogP contribution in [0.5, 0.6) is 0 Å². The Balaban J connectivity index is 1.81. The van der Waals surface area contributed by atoms with Crippen LogP contribution < -0.4 is 10.9 Å². The number of hydrogen-bond donors (Lipinski definition) is 2. The summed E-state index contributed by atoms with van der Waals surface area (Å²) in [4.78, 5) is 31.7.